The van der Waals surface area contributed by atoms with Gasteiger partial charge in [0.15, 0.2) is 0 Å². The molecule has 3 rings (SSSR count). The topological polar surface area (TPSA) is 55.9 Å². The van der Waals surface area contributed by atoms with Gasteiger partial charge in [0.25, 0.3) is 0 Å². The molecule has 3 N–H and O–H groups in total. The normalized spacial score (nSPS) is 20.9. The van der Waals surface area contributed by atoms with Crippen LogP contribution in [0.5, 0.6) is 0 Å². The van der Waals surface area contributed by atoms with Crippen LogP contribution in [0.2, 0.25) is 0 Å². The van der Waals surface area contributed by atoms with Gasteiger partial charge in [0.05, 0.1) is 5.52 Å². The van der Waals surface area contributed by atoms with E-state index in [2.05, 4.69) is 10.3 Å². The molecule has 1 aromatic carbocycles. The number of rotatable bonds is 1. The molecule has 17 heavy (non-hydrogen) atoms. The Hall–Kier alpha value is -1.62. The molecule has 0 spiro atoms. The first kappa shape index (κ1) is 10.5. The van der Waals surface area contributed by atoms with E-state index < -0.39 is 0 Å². The van der Waals surface area contributed by atoms with E-state index in [1.165, 1.54) is 6.07 Å². The summed E-state index contributed by atoms with van der Waals surface area (Å²) in [7, 11) is 0. The van der Waals surface area contributed by atoms with Crippen molar-refractivity contribution in [2.75, 3.05) is 18.8 Å². The van der Waals surface area contributed by atoms with Crippen molar-refractivity contribution in [3.63, 3.8) is 0 Å². The van der Waals surface area contributed by atoms with Crippen molar-refractivity contribution < 1.29 is 4.39 Å². The lowest BCUT2D eigenvalue weighted by Crippen LogP contribution is -2.32. The Morgan fingerprint density at radius 3 is 3.12 bits per heavy atom. The molecule has 0 saturated carbocycles. The maximum Gasteiger partial charge on any atom is 0.201 e. The summed E-state index contributed by atoms with van der Waals surface area (Å²) >= 11 is 0. The highest BCUT2D eigenvalue weighted by Crippen LogP contribution is 2.28. The fourth-order valence-corrected chi connectivity index (χ4v) is 2.55. The summed E-state index contributed by atoms with van der Waals surface area (Å²) in [5, 5.41) is 3.31. The zero-order chi connectivity index (χ0) is 11.8. The lowest BCUT2D eigenvalue weighted by molar-refractivity contribution is 0.379. The molecule has 1 aliphatic heterocycles. The molecule has 0 amide bonds. The highest BCUT2D eigenvalue weighted by atomic mass is 19.1. The molecule has 1 saturated heterocycles. The van der Waals surface area contributed by atoms with Gasteiger partial charge in [0.1, 0.15) is 11.3 Å². The molecule has 0 bridgehead atoms. The van der Waals surface area contributed by atoms with Crippen LogP contribution in [0.4, 0.5) is 10.3 Å². The summed E-state index contributed by atoms with van der Waals surface area (Å²) in [6, 6.07) is 5.11. The van der Waals surface area contributed by atoms with Crippen LogP contribution in [0.1, 0.15) is 18.9 Å². The molecule has 1 unspecified atom stereocenters. The Balaban J connectivity index is 2.16. The van der Waals surface area contributed by atoms with Crippen molar-refractivity contribution >= 4 is 17.0 Å². The van der Waals surface area contributed by atoms with Gasteiger partial charge >= 0.3 is 0 Å². The Morgan fingerprint density at radius 1 is 1.47 bits per heavy atom. The van der Waals surface area contributed by atoms with Crippen LogP contribution in [-0.2, 0) is 0 Å². The third kappa shape index (κ3) is 1.67. The van der Waals surface area contributed by atoms with Gasteiger partial charge in [0.2, 0.25) is 5.95 Å². The zero-order valence-corrected chi connectivity index (χ0v) is 9.49. The van der Waals surface area contributed by atoms with Gasteiger partial charge in [-0.15, -0.1) is 0 Å². The fourth-order valence-electron chi connectivity index (χ4n) is 2.55. The summed E-state index contributed by atoms with van der Waals surface area (Å²) in [5.74, 6) is 0.149. The van der Waals surface area contributed by atoms with Crippen LogP contribution in [0.25, 0.3) is 11.0 Å². The SMILES string of the molecule is Nc1nc2cccc(F)c2n1C1CCCNC1. The number of piperidine rings is 1. The number of para-hydroxylation sites is 1. The predicted molar refractivity (Wildman–Crippen MR) is 65.2 cm³/mol. The van der Waals surface area contributed by atoms with Gasteiger partial charge in [0, 0.05) is 12.6 Å². The van der Waals surface area contributed by atoms with Gasteiger partial charge in [-0.1, -0.05) is 6.07 Å². The average molecular weight is 234 g/mol. The number of benzene rings is 1. The minimum atomic E-state index is -0.253. The molecule has 90 valence electrons. The van der Waals surface area contributed by atoms with Gasteiger partial charge in [-0.3, -0.25) is 0 Å². The van der Waals surface area contributed by atoms with Crippen LogP contribution in [0.3, 0.4) is 0 Å². The van der Waals surface area contributed by atoms with E-state index in [1.807, 2.05) is 4.57 Å². The Kier molecular flexibility index (Phi) is 2.48. The van der Waals surface area contributed by atoms with Gasteiger partial charge in [-0.2, -0.15) is 0 Å². The average Bonchev–Trinajstić information content (AvgIpc) is 2.68. The molecular weight excluding hydrogens is 219 g/mol. The summed E-state index contributed by atoms with van der Waals surface area (Å²) in [5.41, 5.74) is 7.07. The van der Waals surface area contributed by atoms with E-state index in [0.29, 0.717) is 17.0 Å². The first-order valence-corrected chi connectivity index (χ1v) is 5.90. The van der Waals surface area contributed by atoms with Crippen LogP contribution in [0, 0.1) is 5.82 Å². The summed E-state index contributed by atoms with van der Waals surface area (Å²) in [6.07, 6.45) is 2.09. The number of halogens is 1. The van der Waals surface area contributed by atoms with Crippen LogP contribution < -0.4 is 11.1 Å². The first-order valence-electron chi connectivity index (χ1n) is 5.90. The van der Waals surface area contributed by atoms with Crippen molar-refractivity contribution in [3.8, 4) is 0 Å². The largest absolute Gasteiger partial charge is 0.369 e. The molecule has 1 aliphatic rings. The third-order valence-electron chi connectivity index (χ3n) is 3.32. The van der Waals surface area contributed by atoms with Crippen molar-refractivity contribution in [2.24, 2.45) is 0 Å². The molecule has 0 aliphatic carbocycles. The quantitative estimate of drug-likeness (QED) is 0.789. The van der Waals surface area contributed by atoms with Gasteiger partial charge in [-0.05, 0) is 31.5 Å². The number of aromatic nitrogens is 2. The molecule has 2 heterocycles. The standard InChI is InChI=1S/C12H15FN4/c13-9-4-1-5-10-11(9)17(12(14)16-10)8-3-2-6-15-7-8/h1,4-5,8,15H,2-3,6-7H2,(H2,14,16). The molecule has 2 aromatic rings. The molecule has 1 atom stereocenters. The minimum Gasteiger partial charge on any atom is -0.369 e. The van der Waals surface area contributed by atoms with E-state index in [0.717, 1.165) is 25.9 Å². The number of hydrogen-bond acceptors (Lipinski definition) is 3. The summed E-state index contributed by atoms with van der Waals surface area (Å²) in [4.78, 5) is 4.22. The monoisotopic (exact) mass is 234 g/mol. The molecule has 4 nitrogen and oxygen atoms in total. The van der Waals surface area contributed by atoms with Crippen molar-refractivity contribution in [3.05, 3.63) is 24.0 Å². The lowest BCUT2D eigenvalue weighted by Gasteiger charge is -2.25. The van der Waals surface area contributed by atoms with Crippen molar-refractivity contribution in [1.82, 2.24) is 14.9 Å². The smallest absolute Gasteiger partial charge is 0.201 e. The maximum absolute atomic E-state index is 13.9. The number of nitrogen functional groups attached to an aromatic ring is 1. The van der Waals surface area contributed by atoms with Crippen molar-refractivity contribution in [1.29, 1.82) is 0 Å². The molecule has 0 radical (unpaired) electrons. The summed E-state index contributed by atoms with van der Waals surface area (Å²) in [6.45, 7) is 1.84. The predicted octanol–water partition coefficient (Wildman–Crippen LogP) is 1.68. The number of nitrogens with two attached hydrogens (primary N) is 1. The van der Waals surface area contributed by atoms with Crippen LogP contribution >= 0.6 is 0 Å². The minimum absolute atomic E-state index is 0.200. The highest BCUT2D eigenvalue weighted by Gasteiger charge is 2.21. The van der Waals surface area contributed by atoms with Crippen LogP contribution in [0.15, 0.2) is 18.2 Å². The Bertz CT molecular complexity index is 543. The Morgan fingerprint density at radius 2 is 2.35 bits per heavy atom. The zero-order valence-electron chi connectivity index (χ0n) is 9.49. The van der Waals surface area contributed by atoms with E-state index in [9.17, 15) is 4.39 Å². The number of anilines is 1. The van der Waals surface area contributed by atoms with E-state index >= 15 is 0 Å². The number of fused-ring (bicyclic) bond motifs is 1. The van der Waals surface area contributed by atoms with Crippen molar-refractivity contribution in [2.45, 2.75) is 18.9 Å². The molecule has 1 fully saturated rings. The lowest BCUT2D eigenvalue weighted by atomic mass is 10.1. The second-order valence-electron chi connectivity index (χ2n) is 4.45. The van der Waals surface area contributed by atoms with Gasteiger partial charge in [-0.25, -0.2) is 9.37 Å². The van der Waals surface area contributed by atoms with E-state index in [-0.39, 0.29) is 11.9 Å². The second kappa shape index (κ2) is 4.00. The Labute approximate surface area is 98.6 Å². The van der Waals surface area contributed by atoms with E-state index in [1.54, 1.807) is 12.1 Å². The number of nitrogens with one attached hydrogen (secondary N) is 1. The number of nitrogens with zero attached hydrogens (tertiary/aromatic N) is 2. The summed E-state index contributed by atoms with van der Waals surface area (Å²) < 4.78 is 15.7. The highest BCUT2D eigenvalue weighted by molar-refractivity contribution is 5.79. The number of hydrogen-bond donors (Lipinski definition) is 2. The van der Waals surface area contributed by atoms with Crippen LogP contribution in [-0.4, -0.2) is 22.6 Å². The first-order chi connectivity index (χ1) is 8.27. The molecule has 5 heteroatoms. The third-order valence-corrected chi connectivity index (χ3v) is 3.32. The fraction of sp³-hybridized carbons (Fsp3) is 0.417. The molecular formula is C12H15FN4. The number of imidazole rings is 1. The maximum atomic E-state index is 13.9. The second-order valence-corrected chi connectivity index (χ2v) is 4.45. The molecule has 1 aromatic heterocycles. The van der Waals surface area contributed by atoms with E-state index in [4.69, 9.17) is 5.73 Å². The van der Waals surface area contributed by atoms with Gasteiger partial charge < -0.3 is 15.6 Å².